The molecule has 5 rings (SSSR count). The van der Waals surface area contributed by atoms with Crippen molar-refractivity contribution >= 4 is 61.9 Å². The van der Waals surface area contributed by atoms with Gasteiger partial charge in [-0.3, -0.25) is 9.36 Å². The molecule has 0 spiro atoms. The van der Waals surface area contributed by atoms with Gasteiger partial charge in [0.1, 0.15) is 5.75 Å². The number of ether oxygens (including phenoxy) is 3. The zero-order valence-electron chi connectivity index (χ0n) is 18.5. The molecule has 0 radical (unpaired) electrons. The molecule has 2 aliphatic rings. The van der Waals surface area contributed by atoms with Crippen molar-refractivity contribution in [2.45, 2.75) is 19.9 Å². The second kappa shape index (κ2) is 9.43. The average molecular weight is 669 g/mol. The Labute approximate surface area is 225 Å². The van der Waals surface area contributed by atoms with Crippen LogP contribution in [0.4, 0.5) is 0 Å². The van der Waals surface area contributed by atoms with E-state index in [0.29, 0.717) is 41.2 Å². The predicted octanol–water partition coefficient (Wildman–Crippen LogP) is 3.60. The third-order valence-electron chi connectivity index (χ3n) is 5.57. The first kappa shape index (κ1) is 24.1. The van der Waals surface area contributed by atoms with E-state index in [9.17, 15) is 14.7 Å². The zero-order valence-corrected chi connectivity index (χ0v) is 23.1. The zero-order chi connectivity index (χ0) is 24.9. The Hall–Kier alpha value is -2.64. The number of halogens is 2. The van der Waals surface area contributed by atoms with E-state index in [0.717, 1.165) is 4.47 Å². The highest BCUT2D eigenvalue weighted by Crippen LogP contribution is 2.38. The molecule has 2 aliphatic heterocycles. The maximum Gasteiger partial charge on any atom is 0.338 e. The fraction of sp³-hybridized carbons (Fsp3) is 0.208. The van der Waals surface area contributed by atoms with Crippen LogP contribution in [-0.4, -0.2) is 29.0 Å². The van der Waals surface area contributed by atoms with Gasteiger partial charge in [0.15, 0.2) is 16.3 Å². The Balaban J connectivity index is 1.75. The standard InChI is InChI=1S/C24H18BrIN2O6S/c1-3-32-23(31)19-11(2)27-24-28(20(19)12-4-5-16-17(7-12)34-10-33-16)22(30)18(35-24)8-13-6-14(25)9-15(26)21(13)29/h4-9,20,29H,3,10H2,1-2H3/t20-/m1/s1. The van der Waals surface area contributed by atoms with Crippen molar-refractivity contribution in [3.63, 3.8) is 0 Å². The Morgan fingerprint density at radius 2 is 2.11 bits per heavy atom. The maximum atomic E-state index is 13.7. The molecule has 180 valence electrons. The fourth-order valence-corrected chi connectivity index (χ4v) is 6.62. The molecule has 0 bridgehead atoms. The lowest BCUT2D eigenvalue weighted by atomic mass is 9.95. The lowest BCUT2D eigenvalue weighted by molar-refractivity contribution is -0.139. The number of esters is 1. The van der Waals surface area contributed by atoms with Crippen molar-refractivity contribution in [2.24, 2.45) is 4.99 Å². The van der Waals surface area contributed by atoms with Gasteiger partial charge >= 0.3 is 5.97 Å². The number of nitrogens with zero attached hydrogens (tertiary/aromatic N) is 2. The molecule has 35 heavy (non-hydrogen) atoms. The third-order valence-corrected chi connectivity index (χ3v) is 7.84. The minimum Gasteiger partial charge on any atom is -0.506 e. The van der Waals surface area contributed by atoms with Crippen molar-refractivity contribution in [3.05, 3.63) is 80.5 Å². The molecule has 0 aliphatic carbocycles. The van der Waals surface area contributed by atoms with Gasteiger partial charge in [0.05, 0.1) is 32.0 Å². The van der Waals surface area contributed by atoms with Crippen molar-refractivity contribution < 1.29 is 24.1 Å². The maximum absolute atomic E-state index is 13.7. The van der Waals surface area contributed by atoms with Crippen LogP contribution in [0.2, 0.25) is 0 Å². The van der Waals surface area contributed by atoms with Crippen LogP contribution in [0, 0.1) is 3.57 Å². The highest BCUT2D eigenvalue weighted by molar-refractivity contribution is 14.1. The van der Waals surface area contributed by atoms with E-state index in [4.69, 9.17) is 14.2 Å². The quantitative estimate of drug-likeness (QED) is 0.337. The Morgan fingerprint density at radius 1 is 1.34 bits per heavy atom. The number of rotatable bonds is 4. The second-order valence-corrected chi connectivity index (χ2v) is 10.8. The summed E-state index contributed by atoms with van der Waals surface area (Å²) in [6.45, 7) is 3.75. The number of fused-ring (bicyclic) bond motifs is 2. The number of phenols is 1. The van der Waals surface area contributed by atoms with Gasteiger partial charge in [-0.25, -0.2) is 9.79 Å². The topological polar surface area (TPSA) is 99.4 Å². The summed E-state index contributed by atoms with van der Waals surface area (Å²) in [6, 6.07) is 8.08. The Morgan fingerprint density at radius 3 is 2.89 bits per heavy atom. The normalized spacial score (nSPS) is 16.8. The predicted molar refractivity (Wildman–Crippen MR) is 141 cm³/mol. The van der Waals surface area contributed by atoms with Crippen LogP contribution >= 0.6 is 49.9 Å². The van der Waals surface area contributed by atoms with Gasteiger partial charge in [0.2, 0.25) is 6.79 Å². The summed E-state index contributed by atoms with van der Waals surface area (Å²) in [5.41, 5.74) is 1.58. The summed E-state index contributed by atoms with van der Waals surface area (Å²) in [6.07, 6.45) is 1.63. The molecule has 0 saturated heterocycles. The third kappa shape index (κ3) is 4.29. The molecule has 1 atom stereocenters. The summed E-state index contributed by atoms with van der Waals surface area (Å²) >= 11 is 6.65. The number of benzene rings is 2. The number of aromatic nitrogens is 1. The van der Waals surface area contributed by atoms with Crippen molar-refractivity contribution in [3.8, 4) is 17.2 Å². The lowest BCUT2D eigenvalue weighted by Gasteiger charge is -2.24. The van der Waals surface area contributed by atoms with Crippen LogP contribution < -0.4 is 24.4 Å². The molecule has 1 N–H and O–H groups in total. The molecule has 0 unspecified atom stereocenters. The number of allylic oxidation sites excluding steroid dienone is 1. The van der Waals surface area contributed by atoms with E-state index in [-0.39, 0.29) is 30.3 Å². The van der Waals surface area contributed by atoms with Crippen LogP contribution in [0.25, 0.3) is 6.08 Å². The minimum atomic E-state index is -0.766. The summed E-state index contributed by atoms with van der Waals surface area (Å²) < 4.78 is 19.6. The first-order valence-electron chi connectivity index (χ1n) is 10.6. The highest BCUT2D eigenvalue weighted by atomic mass is 127. The number of hydrogen-bond donors (Lipinski definition) is 1. The largest absolute Gasteiger partial charge is 0.506 e. The van der Waals surface area contributed by atoms with Gasteiger partial charge in [-0.2, -0.15) is 0 Å². The van der Waals surface area contributed by atoms with E-state index in [1.165, 1.54) is 15.9 Å². The molecule has 0 fully saturated rings. The van der Waals surface area contributed by atoms with Crippen LogP contribution in [0.15, 0.2) is 55.9 Å². The van der Waals surface area contributed by atoms with E-state index in [1.54, 1.807) is 50.3 Å². The van der Waals surface area contributed by atoms with Gasteiger partial charge < -0.3 is 19.3 Å². The lowest BCUT2D eigenvalue weighted by Crippen LogP contribution is -2.39. The highest BCUT2D eigenvalue weighted by Gasteiger charge is 2.34. The Kier molecular flexibility index (Phi) is 6.49. The van der Waals surface area contributed by atoms with E-state index in [2.05, 4.69) is 20.9 Å². The van der Waals surface area contributed by atoms with Gasteiger partial charge in [-0.1, -0.05) is 33.3 Å². The molecule has 0 saturated carbocycles. The molecule has 3 aromatic rings. The van der Waals surface area contributed by atoms with Crippen LogP contribution in [0.3, 0.4) is 0 Å². The summed E-state index contributed by atoms with van der Waals surface area (Å²) in [7, 11) is 0. The number of carbonyl (C=O) groups is 1. The van der Waals surface area contributed by atoms with Crippen LogP contribution in [0.1, 0.15) is 31.0 Å². The first-order valence-corrected chi connectivity index (χ1v) is 13.2. The first-order chi connectivity index (χ1) is 16.8. The number of aromatic hydroxyl groups is 1. The summed E-state index contributed by atoms with van der Waals surface area (Å²) in [5.74, 6) is 0.677. The molecule has 3 heterocycles. The van der Waals surface area contributed by atoms with Gasteiger partial charge in [-0.15, -0.1) is 0 Å². The monoisotopic (exact) mass is 668 g/mol. The molecule has 11 heteroatoms. The van der Waals surface area contributed by atoms with Crippen LogP contribution in [-0.2, 0) is 9.53 Å². The SMILES string of the molecule is CCOC(=O)C1=C(C)N=c2sc(=Cc3cc(Br)cc(I)c3O)c(=O)n2[C@@H]1c1ccc2c(c1)OCO2. The van der Waals surface area contributed by atoms with E-state index < -0.39 is 12.0 Å². The van der Waals surface area contributed by atoms with Gasteiger partial charge in [-0.05, 0) is 72.3 Å². The van der Waals surface area contributed by atoms with Gasteiger partial charge in [0, 0.05) is 10.0 Å². The summed E-state index contributed by atoms with van der Waals surface area (Å²) in [5, 5.41) is 10.5. The molecule has 0 amide bonds. The number of hydrogen-bond acceptors (Lipinski definition) is 8. The smallest absolute Gasteiger partial charge is 0.338 e. The molecule has 2 aromatic carbocycles. The van der Waals surface area contributed by atoms with Crippen LogP contribution in [0.5, 0.6) is 17.2 Å². The number of carbonyl (C=O) groups excluding carboxylic acids is 1. The fourth-order valence-electron chi connectivity index (χ4n) is 4.03. The van der Waals surface area contributed by atoms with Crippen molar-refractivity contribution in [1.29, 1.82) is 0 Å². The number of thiazole rings is 1. The molecular formula is C24H18BrIN2O6S. The Bertz CT molecular complexity index is 1590. The van der Waals surface area contributed by atoms with Crippen molar-refractivity contribution in [2.75, 3.05) is 13.4 Å². The molecule has 1 aromatic heterocycles. The summed E-state index contributed by atoms with van der Waals surface area (Å²) in [4.78, 5) is 31.7. The van der Waals surface area contributed by atoms with E-state index >= 15 is 0 Å². The minimum absolute atomic E-state index is 0.0790. The van der Waals surface area contributed by atoms with E-state index in [1.807, 2.05) is 22.6 Å². The number of phenolic OH excluding ortho intramolecular Hbond substituents is 1. The molecular weight excluding hydrogens is 651 g/mol. The van der Waals surface area contributed by atoms with Crippen molar-refractivity contribution in [1.82, 2.24) is 4.57 Å². The molecule has 8 nitrogen and oxygen atoms in total. The average Bonchev–Trinajstić information content (AvgIpc) is 3.40. The second-order valence-electron chi connectivity index (χ2n) is 7.74. The van der Waals surface area contributed by atoms with Gasteiger partial charge in [0.25, 0.3) is 5.56 Å².